The Morgan fingerprint density at radius 3 is 2.11 bits per heavy atom. The molecule has 0 bridgehead atoms. The van der Waals surface area contributed by atoms with Gasteiger partial charge in [-0.05, 0) is 25.0 Å². The van der Waals surface area contributed by atoms with Gasteiger partial charge in [0.15, 0.2) is 0 Å². The van der Waals surface area contributed by atoms with Crippen LogP contribution in [0.2, 0.25) is 0 Å². The number of rotatable bonds is 3. The largest absolute Gasteiger partial charge is 0.340 e. The third kappa shape index (κ3) is 4.49. The Morgan fingerprint density at radius 2 is 1.57 bits per heavy atom. The van der Waals surface area contributed by atoms with Crippen LogP contribution in [0.25, 0.3) is 0 Å². The Hall–Kier alpha value is -2.07. The van der Waals surface area contributed by atoms with Crippen LogP contribution in [0.3, 0.4) is 0 Å². The lowest BCUT2D eigenvalue weighted by Crippen LogP contribution is -2.53. The van der Waals surface area contributed by atoms with Gasteiger partial charge in [0.2, 0.25) is 15.9 Å². The number of hydrogen-bond donors (Lipinski definition) is 0. The SMILES string of the molecule is CS(=O)(=O)N1CCN(C(=O)C2CCN(C(=O)c3ccc(F)cc3F)CC2)CC1. The summed E-state index contributed by atoms with van der Waals surface area (Å²) in [6.45, 7) is 1.90. The average molecular weight is 415 g/mol. The first-order valence-electron chi connectivity index (χ1n) is 9.15. The molecule has 1 aromatic carbocycles. The van der Waals surface area contributed by atoms with Gasteiger partial charge in [0.05, 0.1) is 11.8 Å². The fourth-order valence-electron chi connectivity index (χ4n) is 3.66. The molecule has 0 aromatic heterocycles. The molecule has 2 fully saturated rings. The number of carbonyl (C=O) groups is 2. The van der Waals surface area contributed by atoms with Crippen molar-refractivity contribution in [1.82, 2.24) is 14.1 Å². The Balaban J connectivity index is 1.54. The first-order valence-corrected chi connectivity index (χ1v) is 11.0. The molecule has 3 rings (SSSR count). The Bertz CT molecular complexity index is 862. The molecule has 2 heterocycles. The number of piperazine rings is 1. The number of hydrogen-bond acceptors (Lipinski definition) is 4. The number of sulfonamides is 1. The van der Waals surface area contributed by atoms with Gasteiger partial charge in [-0.15, -0.1) is 0 Å². The van der Waals surface area contributed by atoms with E-state index in [0.29, 0.717) is 45.1 Å². The molecule has 0 atom stereocenters. The maximum atomic E-state index is 13.8. The lowest BCUT2D eigenvalue weighted by molar-refractivity contribution is -0.138. The van der Waals surface area contributed by atoms with Crippen molar-refractivity contribution >= 4 is 21.8 Å². The van der Waals surface area contributed by atoms with Crippen LogP contribution in [-0.4, -0.2) is 79.9 Å². The lowest BCUT2D eigenvalue weighted by Gasteiger charge is -2.37. The second kappa shape index (κ2) is 8.12. The zero-order valence-electron chi connectivity index (χ0n) is 15.6. The van der Waals surface area contributed by atoms with Gasteiger partial charge >= 0.3 is 0 Å². The minimum Gasteiger partial charge on any atom is -0.340 e. The van der Waals surface area contributed by atoms with Crippen molar-refractivity contribution in [2.75, 3.05) is 45.5 Å². The van der Waals surface area contributed by atoms with E-state index in [1.165, 1.54) is 9.21 Å². The summed E-state index contributed by atoms with van der Waals surface area (Å²) in [6.07, 6.45) is 2.07. The molecular formula is C18H23F2N3O4S. The van der Waals surface area contributed by atoms with Crippen molar-refractivity contribution in [3.8, 4) is 0 Å². The van der Waals surface area contributed by atoms with Crippen LogP contribution < -0.4 is 0 Å². The van der Waals surface area contributed by atoms with Gasteiger partial charge < -0.3 is 9.80 Å². The predicted octanol–water partition coefficient (Wildman–Crippen LogP) is 0.921. The van der Waals surface area contributed by atoms with Crippen LogP contribution in [0.1, 0.15) is 23.2 Å². The molecule has 28 heavy (non-hydrogen) atoms. The Labute approximate surface area is 162 Å². The number of likely N-dealkylation sites (tertiary alicyclic amines) is 1. The molecule has 0 radical (unpaired) electrons. The summed E-state index contributed by atoms with van der Waals surface area (Å²) in [7, 11) is -3.25. The normalized spacial score (nSPS) is 19.7. The van der Waals surface area contributed by atoms with E-state index in [9.17, 15) is 26.8 Å². The van der Waals surface area contributed by atoms with Crippen molar-refractivity contribution in [2.24, 2.45) is 5.92 Å². The summed E-state index contributed by atoms with van der Waals surface area (Å²) in [5.74, 6) is -2.42. The summed E-state index contributed by atoms with van der Waals surface area (Å²) in [5, 5.41) is 0. The summed E-state index contributed by atoms with van der Waals surface area (Å²) in [5.41, 5.74) is -0.178. The Kier molecular flexibility index (Phi) is 5.99. The molecule has 2 aliphatic heterocycles. The third-order valence-electron chi connectivity index (χ3n) is 5.31. The van der Waals surface area contributed by atoms with Gasteiger partial charge in [-0.2, -0.15) is 4.31 Å². The van der Waals surface area contributed by atoms with Gasteiger partial charge in [0.25, 0.3) is 5.91 Å². The zero-order valence-corrected chi connectivity index (χ0v) is 16.4. The van der Waals surface area contributed by atoms with Crippen molar-refractivity contribution in [3.63, 3.8) is 0 Å². The van der Waals surface area contributed by atoms with Crippen molar-refractivity contribution in [3.05, 3.63) is 35.4 Å². The number of amides is 2. The molecule has 0 saturated carbocycles. The van der Waals surface area contributed by atoms with E-state index in [2.05, 4.69) is 0 Å². The smallest absolute Gasteiger partial charge is 0.256 e. The second-order valence-corrected chi connectivity index (χ2v) is 9.16. The van der Waals surface area contributed by atoms with E-state index in [1.807, 2.05) is 0 Å². The highest BCUT2D eigenvalue weighted by atomic mass is 32.2. The number of carbonyl (C=O) groups excluding carboxylic acids is 2. The molecule has 0 aliphatic carbocycles. The quantitative estimate of drug-likeness (QED) is 0.736. The minimum absolute atomic E-state index is 0.0341. The molecule has 10 heteroatoms. The van der Waals surface area contributed by atoms with E-state index < -0.39 is 27.6 Å². The van der Waals surface area contributed by atoms with Crippen LogP contribution in [0, 0.1) is 17.6 Å². The van der Waals surface area contributed by atoms with E-state index in [0.717, 1.165) is 18.4 Å². The summed E-state index contributed by atoms with van der Waals surface area (Å²) in [4.78, 5) is 28.3. The van der Waals surface area contributed by atoms with Crippen LogP contribution in [0.15, 0.2) is 18.2 Å². The molecule has 7 nitrogen and oxygen atoms in total. The minimum atomic E-state index is -3.25. The van der Waals surface area contributed by atoms with Crippen LogP contribution in [0.5, 0.6) is 0 Å². The molecule has 2 amide bonds. The summed E-state index contributed by atoms with van der Waals surface area (Å²) >= 11 is 0. The maximum Gasteiger partial charge on any atom is 0.256 e. The maximum absolute atomic E-state index is 13.8. The molecule has 1 aromatic rings. The first kappa shape index (κ1) is 20.7. The molecular weight excluding hydrogens is 392 g/mol. The van der Waals surface area contributed by atoms with E-state index in [1.54, 1.807) is 4.90 Å². The van der Waals surface area contributed by atoms with E-state index in [-0.39, 0.29) is 30.5 Å². The molecule has 0 spiro atoms. The summed E-state index contributed by atoms with van der Waals surface area (Å²) < 4.78 is 51.3. The molecule has 0 unspecified atom stereocenters. The highest BCUT2D eigenvalue weighted by Gasteiger charge is 2.33. The van der Waals surface area contributed by atoms with Crippen LogP contribution in [-0.2, 0) is 14.8 Å². The second-order valence-electron chi connectivity index (χ2n) is 7.18. The van der Waals surface area contributed by atoms with Crippen LogP contribution >= 0.6 is 0 Å². The fraction of sp³-hybridized carbons (Fsp3) is 0.556. The van der Waals surface area contributed by atoms with Crippen molar-refractivity contribution < 1.29 is 26.8 Å². The Morgan fingerprint density at radius 1 is 0.964 bits per heavy atom. The van der Waals surface area contributed by atoms with Gasteiger partial charge in [0.1, 0.15) is 11.6 Å². The number of piperidine rings is 1. The van der Waals surface area contributed by atoms with Gasteiger partial charge in [0, 0.05) is 51.3 Å². The topological polar surface area (TPSA) is 78.0 Å². The molecule has 154 valence electrons. The van der Waals surface area contributed by atoms with Gasteiger partial charge in [-0.25, -0.2) is 17.2 Å². The number of halogens is 2. The van der Waals surface area contributed by atoms with E-state index >= 15 is 0 Å². The first-order chi connectivity index (χ1) is 13.2. The monoisotopic (exact) mass is 415 g/mol. The van der Waals surface area contributed by atoms with Crippen molar-refractivity contribution in [2.45, 2.75) is 12.8 Å². The van der Waals surface area contributed by atoms with Crippen molar-refractivity contribution in [1.29, 1.82) is 0 Å². The van der Waals surface area contributed by atoms with Crippen LogP contribution in [0.4, 0.5) is 8.78 Å². The summed E-state index contributed by atoms with van der Waals surface area (Å²) in [6, 6.07) is 2.86. The predicted molar refractivity (Wildman–Crippen MR) is 98.0 cm³/mol. The van der Waals surface area contributed by atoms with E-state index in [4.69, 9.17) is 0 Å². The lowest BCUT2D eigenvalue weighted by atomic mass is 9.94. The standard InChI is InChI=1S/C18H23F2N3O4S/c1-28(26,27)23-10-8-22(9-11-23)17(24)13-4-6-21(7-5-13)18(25)15-3-2-14(19)12-16(15)20/h2-3,12-13H,4-11H2,1H3. The van der Waals surface area contributed by atoms with Gasteiger partial charge in [-0.1, -0.05) is 0 Å². The number of nitrogens with zero attached hydrogens (tertiary/aromatic N) is 3. The fourth-order valence-corrected chi connectivity index (χ4v) is 4.49. The number of benzene rings is 1. The molecule has 2 aliphatic rings. The third-order valence-corrected chi connectivity index (χ3v) is 6.62. The van der Waals surface area contributed by atoms with Gasteiger partial charge in [-0.3, -0.25) is 9.59 Å². The average Bonchev–Trinajstić information content (AvgIpc) is 2.66. The highest BCUT2D eigenvalue weighted by Crippen LogP contribution is 2.23. The zero-order chi connectivity index (χ0) is 20.5. The highest BCUT2D eigenvalue weighted by molar-refractivity contribution is 7.88. The molecule has 0 N–H and O–H groups in total. The molecule has 2 saturated heterocycles.